The Balaban J connectivity index is 1.41. The molecule has 8 nitrogen and oxygen atoms in total. The molecule has 34 heavy (non-hydrogen) atoms. The third-order valence-corrected chi connectivity index (χ3v) is 6.37. The van der Waals surface area contributed by atoms with Gasteiger partial charge in [0.25, 0.3) is 0 Å². The highest BCUT2D eigenvalue weighted by atomic mass is 35.5. The van der Waals surface area contributed by atoms with Gasteiger partial charge in [-0.3, -0.25) is 9.36 Å². The molecule has 0 radical (unpaired) electrons. The highest BCUT2D eigenvalue weighted by Crippen LogP contribution is 2.37. The minimum Gasteiger partial charge on any atom is -0.485 e. The van der Waals surface area contributed by atoms with Gasteiger partial charge >= 0.3 is 0 Å². The lowest BCUT2D eigenvalue weighted by Gasteiger charge is -2.26. The van der Waals surface area contributed by atoms with E-state index in [-0.39, 0.29) is 5.91 Å². The molecule has 0 fully saturated rings. The van der Waals surface area contributed by atoms with E-state index in [4.69, 9.17) is 21.1 Å². The van der Waals surface area contributed by atoms with E-state index < -0.39 is 11.4 Å². The molecule has 0 spiro atoms. The fourth-order valence-electron chi connectivity index (χ4n) is 3.42. The zero-order valence-corrected chi connectivity index (χ0v) is 19.7. The molecule has 0 aliphatic carbocycles. The van der Waals surface area contributed by atoms with Crippen molar-refractivity contribution in [2.45, 2.75) is 23.4 Å². The number of ether oxygens (including phenoxy) is 2. The van der Waals surface area contributed by atoms with Gasteiger partial charge in [-0.2, -0.15) is 0 Å². The van der Waals surface area contributed by atoms with Crippen LogP contribution in [0.2, 0.25) is 5.02 Å². The summed E-state index contributed by atoms with van der Waals surface area (Å²) in [4.78, 5) is 16.9. The van der Waals surface area contributed by atoms with Crippen LogP contribution in [0.1, 0.15) is 18.9 Å². The van der Waals surface area contributed by atoms with Crippen molar-refractivity contribution in [3.63, 3.8) is 0 Å². The topological polar surface area (TPSA) is 91.2 Å². The minimum absolute atomic E-state index is 0.213. The molecule has 2 atom stereocenters. The predicted molar refractivity (Wildman–Crippen MR) is 130 cm³/mol. The van der Waals surface area contributed by atoms with Crippen LogP contribution in [0.5, 0.6) is 11.5 Å². The van der Waals surface area contributed by atoms with E-state index in [1.165, 1.54) is 18.0 Å². The van der Waals surface area contributed by atoms with Crippen molar-refractivity contribution >= 4 is 35.1 Å². The molecule has 2 aromatic heterocycles. The van der Waals surface area contributed by atoms with Gasteiger partial charge in [-0.25, -0.2) is 4.98 Å². The van der Waals surface area contributed by atoms with Gasteiger partial charge in [0.2, 0.25) is 5.91 Å². The molecule has 1 N–H and O–H groups in total. The third-order valence-electron chi connectivity index (χ3n) is 5.10. The molecule has 1 aliphatic rings. The molecule has 1 amide bonds. The molecule has 1 aliphatic heterocycles. The zero-order valence-electron chi connectivity index (χ0n) is 18.1. The molecule has 0 bridgehead atoms. The van der Waals surface area contributed by atoms with Crippen molar-refractivity contribution in [2.75, 3.05) is 11.9 Å². The summed E-state index contributed by atoms with van der Waals surface area (Å²) in [5, 5.41) is 12.2. The first kappa shape index (κ1) is 22.2. The summed E-state index contributed by atoms with van der Waals surface area (Å²) in [7, 11) is 0. The smallest absolute Gasteiger partial charge is 0.238 e. The highest BCUT2D eigenvalue weighted by Gasteiger charge is 2.30. The van der Waals surface area contributed by atoms with Gasteiger partial charge in [-0.05, 0) is 43.3 Å². The van der Waals surface area contributed by atoms with Crippen molar-refractivity contribution in [3.8, 4) is 17.2 Å². The molecule has 0 unspecified atom stereocenters. The summed E-state index contributed by atoms with van der Waals surface area (Å²) in [6, 6.07) is 20.6. The van der Waals surface area contributed by atoms with Crippen LogP contribution in [0, 0.1) is 0 Å². The maximum Gasteiger partial charge on any atom is 0.238 e. The lowest BCUT2D eigenvalue weighted by molar-refractivity contribution is -0.115. The number of hydrogen-bond donors (Lipinski definition) is 1. The van der Waals surface area contributed by atoms with E-state index >= 15 is 0 Å². The van der Waals surface area contributed by atoms with Crippen molar-refractivity contribution < 1.29 is 14.3 Å². The highest BCUT2D eigenvalue weighted by molar-refractivity contribution is 8.00. The molecule has 0 saturated carbocycles. The Morgan fingerprint density at radius 1 is 1.09 bits per heavy atom. The number of anilines is 1. The first-order valence-electron chi connectivity index (χ1n) is 10.6. The number of halogens is 1. The van der Waals surface area contributed by atoms with Crippen LogP contribution in [-0.4, -0.2) is 37.5 Å². The van der Waals surface area contributed by atoms with E-state index in [0.29, 0.717) is 39.9 Å². The van der Waals surface area contributed by atoms with Crippen molar-refractivity contribution in [2.24, 2.45) is 0 Å². The van der Waals surface area contributed by atoms with Crippen LogP contribution in [0.25, 0.3) is 5.69 Å². The van der Waals surface area contributed by atoms with Crippen LogP contribution in [0.4, 0.5) is 5.82 Å². The summed E-state index contributed by atoms with van der Waals surface area (Å²) in [5.41, 5.74) is 0.861. The number of nitrogens with one attached hydrogen (secondary N) is 1. The van der Waals surface area contributed by atoms with Gasteiger partial charge in [0, 0.05) is 11.9 Å². The maximum absolute atomic E-state index is 12.8. The van der Waals surface area contributed by atoms with Gasteiger partial charge < -0.3 is 14.8 Å². The molecule has 3 heterocycles. The fraction of sp³-hybridized carbons (Fsp3) is 0.167. The molecular weight excluding hydrogens is 474 g/mol. The number of carbonyl (C=O) groups is 1. The lowest BCUT2D eigenvalue weighted by Crippen LogP contribution is -2.25. The van der Waals surface area contributed by atoms with Crippen molar-refractivity contribution in [1.29, 1.82) is 0 Å². The number of fused-ring (bicyclic) bond motifs is 1. The molecule has 10 heteroatoms. The number of para-hydroxylation sites is 3. The van der Waals surface area contributed by atoms with E-state index in [9.17, 15) is 4.79 Å². The Morgan fingerprint density at radius 2 is 1.85 bits per heavy atom. The van der Waals surface area contributed by atoms with Gasteiger partial charge in [0.15, 0.2) is 28.6 Å². The average molecular weight is 494 g/mol. The standard InChI is InChI=1S/C24H20ClN5O3S/c1-15(23(31)27-21-12-11-16(25)13-26-21)34-24-29-28-22(30(24)17-7-3-2-4-8-17)20-14-32-18-9-5-6-10-19(18)33-20/h2-13,15,20H,14H2,1H3,(H,26,27,31)/t15-,20+/m1/s1. The zero-order chi connectivity index (χ0) is 23.5. The van der Waals surface area contributed by atoms with Gasteiger partial charge in [0.1, 0.15) is 12.4 Å². The third kappa shape index (κ3) is 4.71. The van der Waals surface area contributed by atoms with Crippen molar-refractivity contribution in [3.05, 3.63) is 83.8 Å². The second-order valence-corrected chi connectivity index (χ2v) is 9.23. The van der Waals surface area contributed by atoms with Crippen molar-refractivity contribution in [1.82, 2.24) is 19.7 Å². The number of hydrogen-bond acceptors (Lipinski definition) is 7. The van der Waals surface area contributed by atoms with E-state index in [1.54, 1.807) is 19.1 Å². The molecular formula is C24H20ClN5O3S. The summed E-state index contributed by atoms with van der Waals surface area (Å²) in [6.45, 7) is 2.10. The number of aromatic nitrogens is 4. The number of pyridine rings is 1. The molecule has 4 aromatic rings. The van der Waals surface area contributed by atoms with E-state index in [0.717, 1.165) is 5.69 Å². The fourth-order valence-corrected chi connectivity index (χ4v) is 4.41. The molecule has 5 rings (SSSR count). The number of amides is 1. The molecule has 172 valence electrons. The Kier molecular flexibility index (Phi) is 6.37. The predicted octanol–water partition coefficient (Wildman–Crippen LogP) is 4.95. The lowest BCUT2D eigenvalue weighted by atomic mass is 10.2. The second-order valence-electron chi connectivity index (χ2n) is 7.49. The van der Waals surface area contributed by atoms with Crippen LogP contribution < -0.4 is 14.8 Å². The van der Waals surface area contributed by atoms with E-state index in [1.807, 2.05) is 59.2 Å². The number of carbonyl (C=O) groups excluding carboxylic acids is 1. The Bertz CT molecular complexity index is 1300. The Morgan fingerprint density at radius 3 is 2.62 bits per heavy atom. The summed E-state index contributed by atoms with van der Waals surface area (Å²) in [6.07, 6.45) is 1.02. The summed E-state index contributed by atoms with van der Waals surface area (Å²) < 4.78 is 14.0. The number of nitrogens with zero attached hydrogens (tertiary/aromatic N) is 4. The van der Waals surface area contributed by atoms with E-state index in [2.05, 4.69) is 20.5 Å². The minimum atomic E-state index is -0.471. The number of rotatable bonds is 6. The molecule has 0 saturated heterocycles. The number of thioether (sulfide) groups is 1. The second kappa shape index (κ2) is 9.74. The van der Waals surface area contributed by atoms with Gasteiger partial charge in [-0.15, -0.1) is 10.2 Å². The molecule has 2 aromatic carbocycles. The van der Waals surface area contributed by atoms with Crippen LogP contribution in [0.3, 0.4) is 0 Å². The Hall–Kier alpha value is -3.56. The van der Waals surface area contributed by atoms with Crippen LogP contribution in [0.15, 0.2) is 78.1 Å². The monoisotopic (exact) mass is 493 g/mol. The Labute approximate surface area is 205 Å². The summed E-state index contributed by atoms with van der Waals surface area (Å²) in [5.74, 6) is 2.16. The normalized spacial score (nSPS) is 15.5. The van der Waals surface area contributed by atoms with Crippen LogP contribution in [-0.2, 0) is 4.79 Å². The average Bonchev–Trinajstić information content (AvgIpc) is 3.29. The SMILES string of the molecule is C[C@@H](Sc1nnc([C@@H]2COc3ccccc3O2)n1-c1ccccc1)C(=O)Nc1ccc(Cl)cn1. The van der Waals surface area contributed by atoms with Gasteiger partial charge in [-0.1, -0.05) is 53.7 Å². The van der Waals surface area contributed by atoms with Gasteiger partial charge in [0.05, 0.1) is 10.3 Å². The first-order valence-corrected chi connectivity index (χ1v) is 11.8. The largest absolute Gasteiger partial charge is 0.485 e. The maximum atomic E-state index is 12.8. The number of benzene rings is 2. The van der Waals surface area contributed by atoms with Crippen LogP contribution >= 0.6 is 23.4 Å². The quantitative estimate of drug-likeness (QED) is 0.380. The summed E-state index contributed by atoms with van der Waals surface area (Å²) >= 11 is 7.16. The first-order chi connectivity index (χ1) is 16.6.